The van der Waals surface area contributed by atoms with E-state index >= 15 is 0 Å². The van der Waals surface area contributed by atoms with Crippen molar-refractivity contribution in [3.63, 3.8) is 0 Å². The number of nitrogens with zero attached hydrogens (tertiary/aromatic N) is 1. The molecule has 0 aromatic heterocycles. The summed E-state index contributed by atoms with van der Waals surface area (Å²) in [7, 11) is 3.70. The maximum atomic E-state index is 12.0. The third-order valence-electron chi connectivity index (χ3n) is 4.79. The van der Waals surface area contributed by atoms with Gasteiger partial charge in [-0.25, -0.2) is 0 Å². The quantitative estimate of drug-likeness (QED) is 0.665. The lowest BCUT2D eigenvalue weighted by Gasteiger charge is -2.33. The third-order valence-corrected chi connectivity index (χ3v) is 4.79. The second kappa shape index (κ2) is 9.42. The summed E-state index contributed by atoms with van der Waals surface area (Å²) in [5.74, 6) is -0.142. The first-order valence-corrected chi connectivity index (χ1v) is 8.57. The Morgan fingerprint density at radius 1 is 1.33 bits per heavy atom. The van der Waals surface area contributed by atoms with E-state index in [9.17, 15) is 4.79 Å². The summed E-state index contributed by atoms with van der Waals surface area (Å²) in [6.45, 7) is 5.99. The lowest BCUT2D eigenvalue weighted by molar-refractivity contribution is -0.148. The van der Waals surface area contributed by atoms with Gasteiger partial charge in [-0.3, -0.25) is 4.79 Å². The third kappa shape index (κ3) is 5.95. The van der Waals surface area contributed by atoms with E-state index < -0.39 is 5.54 Å². The number of hydrogen-bond donors (Lipinski definition) is 1. The highest BCUT2D eigenvalue weighted by Gasteiger charge is 2.33. The van der Waals surface area contributed by atoms with Crippen LogP contribution in [0.3, 0.4) is 0 Å². The fourth-order valence-electron chi connectivity index (χ4n) is 3.28. The number of nitrogens with one attached hydrogen (secondary N) is 1. The van der Waals surface area contributed by atoms with Crippen LogP contribution in [0.15, 0.2) is 0 Å². The van der Waals surface area contributed by atoms with Gasteiger partial charge in [0.05, 0.1) is 7.11 Å². The number of rotatable bonds is 9. The highest BCUT2D eigenvalue weighted by Crippen LogP contribution is 2.22. The van der Waals surface area contributed by atoms with Crippen molar-refractivity contribution in [1.29, 1.82) is 0 Å². The zero-order valence-electron chi connectivity index (χ0n) is 14.4. The molecule has 0 heterocycles. The smallest absolute Gasteiger partial charge is 0.325 e. The summed E-state index contributed by atoms with van der Waals surface area (Å²) >= 11 is 0. The topological polar surface area (TPSA) is 41.6 Å². The molecule has 1 aliphatic rings. The zero-order valence-corrected chi connectivity index (χ0v) is 14.4. The van der Waals surface area contributed by atoms with E-state index in [0.717, 1.165) is 38.4 Å². The van der Waals surface area contributed by atoms with Gasteiger partial charge in [-0.15, -0.1) is 0 Å². The molecule has 4 nitrogen and oxygen atoms in total. The Balaban J connectivity index is 2.39. The summed E-state index contributed by atoms with van der Waals surface area (Å²) in [4.78, 5) is 14.5. The van der Waals surface area contributed by atoms with Crippen LogP contribution in [0.4, 0.5) is 0 Å². The standard InChI is InChI=1S/C17H34N2O2/c1-5-13-18-17(2,16(20)21-4)12-9-14-19(3)15-10-7-6-8-11-15/h15,18H,5-14H2,1-4H3. The first-order valence-electron chi connectivity index (χ1n) is 8.57. The van der Waals surface area contributed by atoms with Gasteiger partial charge in [-0.05, 0) is 59.2 Å². The van der Waals surface area contributed by atoms with Crippen LogP contribution in [-0.2, 0) is 9.53 Å². The van der Waals surface area contributed by atoms with Gasteiger partial charge in [0.15, 0.2) is 0 Å². The molecule has 0 radical (unpaired) electrons. The van der Waals surface area contributed by atoms with Gasteiger partial charge in [0.2, 0.25) is 0 Å². The normalized spacial score (nSPS) is 19.5. The van der Waals surface area contributed by atoms with Crippen LogP contribution in [0.25, 0.3) is 0 Å². The minimum atomic E-state index is -0.543. The van der Waals surface area contributed by atoms with Crippen LogP contribution in [0, 0.1) is 0 Å². The molecule has 1 N–H and O–H groups in total. The predicted octanol–water partition coefficient (Wildman–Crippen LogP) is 2.96. The highest BCUT2D eigenvalue weighted by molar-refractivity contribution is 5.80. The van der Waals surface area contributed by atoms with Crippen molar-refractivity contribution in [2.24, 2.45) is 0 Å². The molecule has 21 heavy (non-hydrogen) atoms. The van der Waals surface area contributed by atoms with Gasteiger partial charge in [0, 0.05) is 6.04 Å². The van der Waals surface area contributed by atoms with Crippen molar-refractivity contribution in [3.05, 3.63) is 0 Å². The van der Waals surface area contributed by atoms with Crippen molar-refractivity contribution in [2.45, 2.75) is 76.8 Å². The predicted molar refractivity (Wildman–Crippen MR) is 87.5 cm³/mol. The van der Waals surface area contributed by atoms with Crippen molar-refractivity contribution in [2.75, 3.05) is 27.2 Å². The van der Waals surface area contributed by atoms with Crippen molar-refractivity contribution in [1.82, 2.24) is 10.2 Å². The maximum Gasteiger partial charge on any atom is 0.325 e. The Labute approximate surface area is 130 Å². The SMILES string of the molecule is CCCNC(C)(CCCN(C)C1CCCCC1)C(=O)OC. The van der Waals surface area contributed by atoms with Crippen molar-refractivity contribution >= 4 is 5.97 Å². The Morgan fingerprint density at radius 2 is 2.00 bits per heavy atom. The van der Waals surface area contributed by atoms with Crippen molar-refractivity contribution in [3.8, 4) is 0 Å². The van der Waals surface area contributed by atoms with Crippen LogP contribution in [0.5, 0.6) is 0 Å². The van der Waals surface area contributed by atoms with Crippen LogP contribution < -0.4 is 5.32 Å². The lowest BCUT2D eigenvalue weighted by atomic mass is 9.93. The molecular formula is C17H34N2O2. The molecule has 0 amide bonds. The van der Waals surface area contributed by atoms with E-state index in [2.05, 4.69) is 24.2 Å². The molecule has 1 fully saturated rings. The van der Waals surface area contributed by atoms with E-state index in [0.29, 0.717) is 0 Å². The van der Waals surface area contributed by atoms with E-state index in [-0.39, 0.29) is 5.97 Å². The molecule has 0 saturated heterocycles. The Bertz CT molecular complexity index is 303. The molecule has 124 valence electrons. The molecule has 0 spiro atoms. The first-order chi connectivity index (χ1) is 10.0. The maximum absolute atomic E-state index is 12.0. The van der Waals surface area contributed by atoms with Gasteiger partial charge < -0.3 is 15.0 Å². The molecule has 0 aliphatic heterocycles. The summed E-state index contributed by atoms with van der Waals surface area (Å²) < 4.78 is 4.97. The largest absolute Gasteiger partial charge is 0.468 e. The number of carbonyl (C=O) groups excluding carboxylic acids is 1. The summed E-state index contributed by atoms with van der Waals surface area (Å²) in [6.07, 6.45) is 9.67. The molecule has 0 aromatic rings. The van der Waals surface area contributed by atoms with E-state index in [1.165, 1.54) is 39.2 Å². The number of ether oxygens (including phenoxy) is 1. The lowest BCUT2D eigenvalue weighted by Crippen LogP contribution is -2.51. The van der Waals surface area contributed by atoms with E-state index in [4.69, 9.17) is 4.74 Å². The van der Waals surface area contributed by atoms with Crippen LogP contribution >= 0.6 is 0 Å². The van der Waals surface area contributed by atoms with Crippen molar-refractivity contribution < 1.29 is 9.53 Å². The highest BCUT2D eigenvalue weighted by atomic mass is 16.5. The van der Waals surface area contributed by atoms with E-state index in [1.54, 1.807) is 0 Å². The minimum Gasteiger partial charge on any atom is -0.468 e. The van der Waals surface area contributed by atoms with Gasteiger partial charge in [0.25, 0.3) is 0 Å². The minimum absolute atomic E-state index is 0.142. The number of hydrogen-bond acceptors (Lipinski definition) is 4. The summed E-state index contributed by atoms with van der Waals surface area (Å²) in [6, 6.07) is 0.742. The number of methoxy groups -OCH3 is 1. The summed E-state index contributed by atoms with van der Waals surface area (Å²) in [5.41, 5.74) is -0.543. The zero-order chi connectivity index (χ0) is 15.7. The Kier molecular flexibility index (Phi) is 8.27. The molecular weight excluding hydrogens is 264 g/mol. The first kappa shape index (κ1) is 18.4. The monoisotopic (exact) mass is 298 g/mol. The van der Waals surface area contributed by atoms with Gasteiger partial charge in [0.1, 0.15) is 5.54 Å². The van der Waals surface area contributed by atoms with Gasteiger partial charge in [-0.2, -0.15) is 0 Å². The van der Waals surface area contributed by atoms with E-state index in [1.807, 2.05) is 6.92 Å². The second-order valence-electron chi connectivity index (χ2n) is 6.63. The molecule has 1 saturated carbocycles. The molecule has 0 bridgehead atoms. The van der Waals surface area contributed by atoms with Crippen LogP contribution in [-0.4, -0.2) is 49.7 Å². The average molecular weight is 298 g/mol. The molecule has 1 rings (SSSR count). The molecule has 0 aromatic carbocycles. The number of esters is 1. The fourth-order valence-corrected chi connectivity index (χ4v) is 3.28. The molecule has 1 atom stereocenters. The molecule has 4 heteroatoms. The Morgan fingerprint density at radius 3 is 2.57 bits per heavy atom. The fraction of sp³-hybridized carbons (Fsp3) is 0.941. The average Bonchev–Trinajstić information content (AvgIpc) is 2.52. The molecule has 1 aliphatic carbocycles. The molecule has 1 unspecified atom stereocenters. The second-order valence-corrected chi connectivity index (χ2v) is 6.63. The van der Waals surface area contributed by atoms with Gasteiger partial charge in [-0.1, -0.05) is 26.2 Å². The van der Waals surface area contributed by atoms with Crippen LogP contribution in [0.1, 0.15) is 65.2 Å². The Hall–Kier alpha value is -0.610. The van der Waals surface area contributed by atoms with Crippen LogP contribution in [0.2, 0.25) is 0 Å². The number of carbonyl (C=O) groups is 1. The van der Waals surface area contributed by atoms with Gasteiger partial charge >= 0.3 is 5.97 Å². The summed E-state index contributed by atoms with van der Waals surface area (Å²) in [5, 5.41) is 3.36.